The van der Waals surface area contributed by atoms with Gasteiger partial charge in [0.1, 0.15) is 5.69 Å². The molecule has 1 saturated heterocycles. The number of para-hydroxylation sites is 2. The van der Waals surface area contributed by atoms with Crippen molar-refractivity contribution >= 4 is 11.6 Å². The number of hydrogen-bond donors (Lipinski definition) is 1. The molecule has 2 aromatic rings. The van der Waals surface area contributed by atoms with Crippen molar-refractivity contribution in [1.29, 1.82) is 0 Å². The van der Waals surface area contributed by atoms with Crippen LogP contribution >= 0.6 is 0 Å². The zero-order valence-electron chi connectivity index (χ0n) is 14.0. The molecule has 2 N–H and O–H groups in total. The van der Waals surface area contributed by atoms with Gasteiger partial charge < -0.3 is 10.6 Å². The Kier molecular flexibility index (Phi) is 4.80. The number of amides is 1. The molecule has 132 valence electrons. The van der Waals surface area contributed by atoms with Crippen LogP contribution in [0, 0.1) is 16.0 Å². The van der Waals surface area contributed by atoms with E-state index in [4.69, 9.17) is 5.73 Å². The molecule has 1 aliphatic rings. The van der Waals surface area contributed by atoms with E-state index in [1.54, 1.807) is 35.4 Å². The van der Waals surface area contributed by atoms with Gasteiger partial charge in [0.25, 0.3) is 11.6 Å². The number of carbonyl (C=O) groups is 1. The molecule has 0 spiro atoms. The predicted molar refractivity (Wildman–Crippen MR) is 92.5 cm³/mol. The van der Waals surface area contributed by atoms with Gasteiger partial charge >= 0.3 is 0 Å². The SMILES string of the molecule is CC(N)C1CCCN(C(=O)c2ccn(-c3ccccc3[N+](=O)[O-])n2)C1. The number of rotatable bonds is 4. The number of nitro benzene ring substituents is 1. The van der Waals surface area contributed by atoms with Crippen molar-refractivity contribution in [3.05, 3.63) is 52.3 Å². The highest BCUT2D eigenvalue weighted by Gasteiger charge is 2.28. The molecule has 2 unspecified atom stereocenters. The van der Waals surface area contributed by atoms with E-state index in [1.807, 2.05) is 6.92 Å². The van der Waals surface area contributed by atoms with E-state index in [0.29, 0.717) is 18.8 Å². The summed E-state index contributed by atoms with van der Waals surface area (Å²) in [5.41, 5.74) is 6.53. The summed E-state index contributed by atoms with van der Waals surface area (Å²) in [4.78, 5) is 25.2. The quantitative estimate of drug-likeness (QED) is 0.674. The van der Waals surface area contributed by atoms with E-state index in [2.05, 4.69) is 5.10 Å². The minimum Gasteiger partial charge on any atom is -0.337 e. The van der Waals surface area contributed by atoms with Gasteiger partial charge in [-0.2, -0.15) is 5.10 Å². The number of aromatic nitrogens is 2. The predicted octanol–water partition coefficient (Wildman–Crippen LogP) is 1.98. The molecule has 1 aromatic heterocycles. The van der Waals surface area contributed by atoms with Crippen LogP contribution in [0.2, 0.25) is 0 Å². The van der Waals surface area contributed by atoms with Gasteiger partial charge in [0, 0.05) is 31.4 Å². The van der Waals surface area contributed by atoms with E-state index in [0.717, 1.165) is 12.8 Å². The summed E-state index contributed by atoms with van der Waals surface area (Å²) >= 11 is 0. The zero-order chi connectivity index (χ0) is 18.0. The maximum atomic E-state index is 12.7. The first-order valence-corrected chi connectivity index (χ1v) is 8.31. The van der Waals surface area contributed by atoms with Gasteiger partial charge in [-0.15, -0.1) is 0 Å². The standard InChI is InChI=1S/C17H21N5O3/c1-12(18)13-5-4-9-20(11-13)17(23)14-8-10-21(19-14)15-6-2-3-7-16(15)22(24)25/h2-3,6-8,10,12-13H,4-5,9,11,18H2,1H3. The lowest BCUT2D eigenvalue weighted by Gasteiger charge is -2.34. The average Bonchev–Trinajstić information content (AvgIpc) is 3.11. The molecule has 8 heteroatoms. The van der Waals surface area contributed by atoms with Gasteiger partial charge in [-0.25, -0.2) is 4.68 Å². The summed E-state index contributed by atoms with van der Waals surface area (Å²) in [6.07, 6.45) is 3.51. The van der Waals surface area contributed by atoms with Gasteiger partial charge in [0.2, 0.25) is 0 Å². The summed E-state index contributed by atoms with van der Waals surface area (Å²) < 4.78 is 1.37. The molecule has 1 fully saturated rings. The van der Waals surface area contributed by atoms with Crippen molar-refractivity contribution in [2.75, 3.05) is 13.1 Å². The van der Waals surface area contributed by atoms with E-state index in [-0.39, 0.29) is 29.2 Å². The lowest BCUT2D eigenvalue weighted by molar-refractivity contribution is -0.384. The van der Waals surface area contributed by atoms with E-state index in [9.17, 15) is 14.9 Å². The first kappa shape index (κ1) is 17.1. The van der Waals surface area contributed by atoms with Gasteiger partial charge in [-0.05, 0) is 37.8 Å². The van der Waals surface area contributed by atoms with E-state index in [1.165, 1.54) is 10.7 Å². The molecule has 1 aliphatic heterocycles. The zero-order valence-corrected chi connectivity index (χ0v) is 14.0. The van der Waals surface area contributed by atoms with Gasteiger partial charge in [0.15, 0.2) is 5.69 Å². The van der Waals surface area contributed by atoms with Crippen LogP contribution in [0.4, 0.5) is 5.69 Å². The van der Waals surface area contributed by atoms with Crippen molar-refractivity contribution in [1.82, 2.24) is 14.7 Å². The van der Waals surface area contributed by atoms with Gasteiger partial charge in [-0.1, -0.05) is 12.1 Å². The molecule has 1 amide bonds. The highest BCUT2D eigenvalue weighted by molar-refractivity contribution is 5.92. The molecule has 2 heterocycles. The number of hydrogen-bond acceptors (Lipinski definition) is 5. The highest BCUT2D eigenvalue weighted by Crippen LogP contribution is 2.23. The van der Waals surface area contributed by atoms with Gasteiger partial charge in [-0.3, -0.25) is 14.9 Å². The fourth-order valence-electron chi connectivity index (χ4n) is 3.17. The van der Waals surface area contributed by atoms with Crippen molar-refractivity contribution < 1.29 is 9.72 Å². The van der Waals surface area contributed by atoms with Crippen LogP contribution in [-0.2, 0) is 0 Å². The molecule has 1 aromatic carbocycles. The Morgan fingerprint density at radius 3 is 2.88 bits per heavy atom. The van der Waals surface area contributed by atoms with Crippen LogP contribution in [0.15, 0.2) is 36.5 Å². The third-order valence-electron chi connectivity index (χ3n) is 4.62. The maximum Gasteiger partial charge on any atom is 0.294 e. The van der Waals surface area contributed by atoms with Crippen molar-refractivity contribution in [2.24, 2.45) is 11.7 Å². The third kappa shape index (κ3) is 3.53. The second-order valence-corrected chi connectivity index (χ2v) is 6.40. The first-order valence-electron chi connectivity index (χ1n) is 8.31. The summed E-state index contributed by atoms with van der Waals surface area (Å²) in [5, 5.41) is 15.4. The Morgan fingerprint density at radius 2 is 2.16 bits per heavy atom. The van der Waals surface area contributed by atoms with Crippen molar-refractivity contribution in [2.45, 2.75) is 25.8 Å². The minimum absolute atomic E-state index is 0.0418. The molecule has 0 radical (unpaired) electrons. The fraction of sp³-hybridized carbons (Fsp3) is 0.412. The Hall–Kier alpha value is -2.74. The Bertz CT molecular complexity index is 786. The molecule has 8 nitrogen and oxygen atoms in total. The number of piperidine rings is 1. The van der Waals surface area contributed by atoms with Crippen LogP contribution in [-0.4, -0.2) is 44.6 Å². The summed E-state index contributed by atoms with van der Waals surface area (Å²) in [6.45, 7) is 3.26. The van der Waals surface area contributed by atoms with E-state index < -0.39 is 4.92 Å². The lowest BCUT2D eigenvalue weighted by atomic mass is 9.92. The molecule has 25 heavy (non-hydrogen) atoms. The normalized spacial score (nSPS) is 18.8. The smallest absolute Gasteiger partial charge is 0.294 e. The van der Waals surface area contributed by atoms with Gasteiger partial charge in [0.05, 0.1) is 4.92 Å². The maximum absolute atomic E-state index is 12.7. The third-order valence-corrected chi connectivity index (χ3v) is 4.62. The number of carbonyl (C=O) groups excluding carboxylic acids is 1. The second-order valence-electron chi connectivity index (χ2n) is 6.40. The van der Waals surface area contributed by atoms with Crippen molar-refractivity contribution in [3.63, 3.8) is 0 Å². The molecular formula is C17H21N5O3. The van der Waals surface area contributed by atoms with Crippen molar-refractivity contribution in [3.8, 4) is 5.69 Å². The molecule has 0 aliphatic carbocycles. The molecule has 0 bridgehead atoms. The topological polar surface area (TPSA) is 107 Å². The summed E-state index contributed by atoms with van der Waals surface area (Å²) in [6, 6.07) is 7.94. The molecule has 0 saturated carbocycles. The largest absolute Gasteiger partial charge is 0.337 e. The lowest BCUT2D eigenvalue weighted by Crippen LogP contribution is -2.45. The summed E-state index contributed by atoms with van der Waals surface area (Å²) in [5.74, 6) is 0.123. The van der Waals surface area contributed by atoms with Crippen LogP contribution in [0.25, 0.3) is 5.69 Å². The monoisotopic (exact) mass is 343 g/mol. The Labute approximate surface area is 145 Å². The highest BCUT2D eigenvalue weighted by atomic mass is 16.6. The average molecular weight is 343 g/mol. The first-order chi connectivity index (χ1) is 12.0. The van der Waals surface area contributed by atoms with E-state index >= 15 is 0 Å². The van der Waals surface area contributed by atoms with Crippen LogP contribution in [0.3, 0.4) is 0 Å². The number of nitrogens with zero attached hydrogens (tertiary/aromatic N) is 4. The molecular weight excluding hydrogens is 322 g/mol. The number of nitro groups is 1. The second kappa shape index (κ2) is 7.02. The van der Waals surface area contributed by atoms with Crippen LogP contribution in [0.1, 0.15) is 30.3 Å². The molecule has 3 rings (SSSR count). The van der Waals surface area contributed by atoms with Crippen LogP contribution in [0.5, 0.6) is 0 Å². The fourth-order valence-corrected chi connectivity index (χ4v) is 3.17. The minimum atomic E-state index is -0.462. The summed E-state index contributed by atoms with van der Waals surface area (Å²) in [7, 11) is 0. The number of likely N-dealkylation sites (tertiary alicyclic amines) is 1. The van der Waals surface area contributed by atoms with Crippen LogP contribution < -0.4 is 5.73 Å². The number of benzene rings is 1. The Balaban J connectivity index is 1.82. The number of nitrogens with two attached hydrogens (primary N) is 1. The Morgan fingerprint density at radius 1 is 1.40 bits per heavy atom. The molecule has 2 atom stereocenters.